The van der Waals surface area contributed by atoms with Crippen LogP contribution < -0.4 is 11.1 Å². The maximum absolute atomic E-state index is 12.3. The Hall–Kier alpha value is -2.04. The average Bonchev–Trinajstić information content (AvgIpc) is 2.97. The van der Waals surface area contributed by atoms with E-state index in [1.165, 1.54) is 0 Å². The molecule has 1 fully saturated rings. The van der Waals surface area contributed by atoms with Crippen LogP contribution in [0.25, 0.3) is 0 Å². The van der Waals surface area contributed by atoms with E-state index in [0.29, 0.717) is 0 Å². The third-order valence-electron chi connectivity index (χ3n) is 3.63. The number of nitrogens with zero attached hydrogens (tertiary/aromatic N) is 1. The van der Waals surface area contributed by atoms with Gasteiger partial charge in [-0.05, 0) is 25.0 Å². The van der Waals surface area contributed by atoms with E-state index in [0.717, 1.165) is 31.4 Å². The van der Waals surface area contributed by atoms with Gasteiger partial charge in [-0.25, -0.2) is 0 Å². The van der Waals surface area contributed by atoms with Crippen molar-refractivity contribution in [3.63, 3.8) is 0 Å². The molecule has 0 unspecified atom stereocenters. The van der Waals surface area contributed by atoms with E-state index >= 15 is 0 Å². The number of carbonyl (C=O) groups excluding carboxylic acids is 2. The van der Waals surface area contributed by atoms with E-state index in [1.807, 2.05) is 30.3 Å². The molecule has 1 aromatic carbocycles. The van der Waals surface area contributed by atoms with Crippen LogP contribution in [-0.2, 0) is 9.59 Å². The molecule has 0 aromatic heterocycles. The first kappa shape index (κ1) is 14.4. The predicted molar refractivity (Wildman–Crippen MR) is 78.1 cm³/mol. The first-order valence-corrected chi connectivity index (χ1v) is 7.03. The molecule has 0 radical (unpaired) electrons. The van der Waals surface area contributed by atoms with E-state index in [2.05, 4.69) is 5.32 Å². The van der Waals surface area contributed by atoms with Gasteiger partial charge in [-0.15, -0.1) is 0 Å². The summed E-state index contributed by atoms with van der Waals surface area (Å²) in [6.07, 6.45) is 4.15. The molecule has 0 aliphatic heterocycles. The van der Waals surface area contributed by atoms with Crippen molar-refractivity contribution in [1.82, 2.24) is 4.90 Å². The highest BCUT2D eigenvalue weighted by Crippen LogP contribution is 2.23. The van der Waals surface area contributed by atoms with Crippen LogP contribution in [0.15, 0.2) is 30.3 Å². The zero-order valence-corrected chi connectivity index (χ0v) is 11.5. The van der Waals surface area contributed by atoms with Crippen molar-refractivity contribution in [2.75, 3.05) is 18.4 Å². The zero-order valence-electron chi connectivity index (χ0n) is 11.5. The van der Waals surface area contributed by atoms with Crippen LogP contribution in [0.4, 0.5) is 5.69 Å². The molecule has 1 aliphatic rings. The summed E-state index contributed by atoms with van der Waals surface area (Å²) in [5.41, 5.74) is 6.15. The smallest absolute Gasteiger partial charge is 0.242 e. The average molecular weight is 275 g/mol. The second kappa shape index (κ2) is 6.93. The number of nitrogens with one attached hydrogen (secondary N) is 1. The van der Waals surface area contributed by atoms with E-state index in [4.69, 9.17) is 5.73 Å². The summed E-state index contributed by atoms with van der Waals surface area (Å²) in [6, 6.07) is 9.70. The van der Waals surface area contributed by atoms with Gasteiger partial charge in [0.05, 0.1) is 13.1 Å². The monoisotopic (exact) mass is 275 g/mol. The highest BCUT2D eigenvalue weighted by Gasteiger charge is 2.27. The molecule has 20 heavy (non-hydrogen) atoms. The Morgan fingerprint density at radius 2 is 1.85 bits per heavy atom. The third-order valence-corrected chi connectivity index (χ3v) is 3.63. The number of primary amides is 1. The number of amides is 2. The second-order valence-corrected chi connectivity index (χ2v) is 5.15. The fraction of sp³-hybridized carbons (Fsp3) is 0.467. The lowest BCUT2D eigenvalue weighted by molar-refractivity contribution is -0.135. The molecular weight excluding hydrogens is 254 g/mol. The van der Waals surface area contributed by atoms with Crippen molar-refractivity contribution < 1.29 is 9.59 Å². The van der Waals surface area contributed by atoms with E-state index in [9.17, 15) is 9.59 Å². The Balaban J connectivity index is 1.93. The minimum atomic E-state index is -0.454. The predicted octanol–water partition coefficient (Wildman–Crippen LogP) is 1.35. The molecule has 0 bridgehead atoms. The minimum Gasteiger partial charge on any atom is -0.376 e. The van der Waals surface area contributed by atoms with Crippen LogP contribution in [0.5, 0.6) is 0 Å². The van der Waals surface area contributed by atoms with Gasteiger partial charge in [0.15, 0.2) is 0 Å². The maximum atomic E-state index is 12.3. The molecule has 5 nitrogen and oxygen atoms in total. The molecule has 5 heteroatoms. The van der Waals surface area contributed by atoms with Crippen molar-refractivity contribution >= 4 is 17.5 Å². The van der Waals surface area contributed by atoms with Gasteiger partial charge in [0.1, 0.15) is 0 Å². The maximum Gasteiger partial charge on any atom is 0.242 e. The zero-order chi connectivity index (χ0) is 14.4. The lowest BCUT2D eigenvalue weighted by atomic mass is 10.2. The van der Waals surface area contributed by atoms with Crippen molar-refractivity contribution in [2.45, 2.75) is 31.7 Å². The number of carbonyl (C=O) groups is 2. The van der Waals surface area contributed by atoms with Crippen molar-refractivity contribution in [3.05, 3.63) is 30.3 Å². The number of anilines is 1. The summed E-state index contributed by atoms with van der Waals surface area (Å²) in [6.45, 7) is 0.202. The van der Waals surface area contributed by atoms with Gasteiger partial charge < -0.3 is 16.0 Å². The quantitative estimate of drug-likeness (QED) is 0.823. The fourth-order valence-electron chi connectivity index (χ4n) is 2.64. The molecule has 3 N–H and O–H groups in total. The Labute approximate surface area is 119 Å². The normalized spacial score (nSPS) is 15.0. The van der Waals surface area contributed by atoms with Gasteiger partial charge in [-0.2, -0.15) is 0 Å². The van der Waals surface area contributed by atoms with Gasteiger partial charge in [0, 0.05) is 11.7 Å². The first-order chi connectivity index (χ1) is 9.66. The van der Waals surface area contributed by atoms with Gasteiger partial charge >= 0.3 is 0 Å². The second-order valence-electron chi connectivity index (χ2n) is 5.15. The number of benzene rings is 1. The topological polar surface area (TPSA) is 75.4 Å². The number of para-hydroxylation sites is 1. The molecule has 0 atom stereocenters. The molecule has 2 amide bonds. The fourth-order valence-corrected chi connectivity index (χ4v) is 2.64. The van der Waals surface area contributed by atoms with E-state index in [1.54, 1.807) is 4.90 Å². The standard InChI is InChI=1S/C15H21N3O2/c16-14(19)11-18(13-8-4-5-9-13)15(20)10-17-12-6-2-1-3-7-12/h1-3,6-7,13,17H,4-5,8-11H2,(H2,16,19). The molecular formula is C15H21N3O2. The van der Waals surface area contributed by atoms with E-state index in [-0.39, 0.29) is 25.0 Å². The number of hydrogen-bond acceptors (Lipinski definition) is 3. The Morgan fingerprint density at radius 1 is 1.20 bits per heavy atom. The van der Waals surface area contributed by atoms with Crippen LogP contribution in [0.3, 0.4) is 0 Å². The first-order valence-electron chi connectivity index (χ1n) is 7.03. The van der Waals surface area contributed by atoms with Crippen molar-refractivity contribution in [2.24, 2.45) is 5.73 Å². The minimum absolute atomic E-state index is 0.0139. The van der Waals surface area contributed by atoms with Crippen LogP contribution in [0.1, 0.15) is 25.7 Å². The number of rotatable bonds is 6. The molecule has 108 valence electrons. The van der Waals surface area contributed by atoms with Crippen LogP contribution >= 0.6 is 0 Å². The summed E-state index contributed by atoms with van der Waals surface area (Å²) in [7, 11) is 0. The Bertz CT molecular complexity index is 455. The summed E-state index contributed by atoms with van der Waals surface area (Å²) in [5, 5.41) is 3.08. The molecule has 1 aromatic rings. The summed E-state index contributed by atoms with van der Waals surface area (Å²) < 4.78 is 0. The molecule has 0 saturated heterocycles. The highest BCUT2D eigenvalue weighted by atomic mass is 16.2. The lowest BCUT2D eigenvalue weighted by Crippen LogP contribution is -2.46. The van der Waals surface area contributed by atoms with Crippen LogP contribution in [0, 0.1) is 0 Å². The summed E-state index contributed by atoms with van der Waals surface area (Å²) in [4.78, 5) is 25.1. The molecule has 1 aliphatic carbocycles. The molecule has 1 saturated carbocycles. The Morgan fingerprint density at radius 3 is 2.45 bits per heavy atom. The van der Waals surface area contributed by atoms with Crippen LogP contribution in [-0.4, -0.2) is 35.8 Å². The van der Waals surface area contributed by atoms with Crippen molar-refractivity contribution in [1.29, 1.82) is 0 Å². The SMILES string of the molecule is NC(=O)CN(C(=O)CNc1ccccc1)C1CCCC1. The number of nitrogens with two attached hydrogens (primary N) is 1. The van der Waals surface area contributed by atoms with Crippen LogP contribution in [0.2, 0.25) is 0 Å². The Kier molecular flexibility index (Phi) is 4.98. The molecule has 0 heterocycles. The van der Waals surface area contributed by atoms with Gasteiger partial charge in [0.2, 0.25) is 11.8 Å². The largest absolute Gasteiger partial charge is 0.376 e. The molecule has 2 rings (SSSR count). The lowest BCUT2D eigenvalue weighted by Gasteiger charge is -2.28. The summed E-state index contributed by atoms with van der Waals surface area (Å²) in [5.74, 6) is -0.524. The van der Waals surface area contributed by atoms with E-state index < -0.39 is 5.91 Å². The van der Waals surface area contributed by atoms with Gasteiger partial charge in [-0.3, -0.25) is 9.59 Å². The highest BCUT2D eigenvalue weighted by molar-refractivity contribution is 5.86. The van der Waals surface area contributed by atoms with Gasteiger partial charge in [-0.1, -0.05) is 31.0 Å². The number of hydrogen-bond donors (Lipinski definition) is 2. The van der Waals surface area contributed by atoms with Crippen molar-refractivity contribution in [3.8, 4) is 0 Å². The molecule has 0 spiro atoms. The van der Waals surface area contributed by atoms with Gasteiger partial charge in [0.25, 0.3) is 0 Å². The third kappa shape index (κ3) is 3.98. The summed E-state index contributed by atoms with van der Waals surface area (Å²) >= 11 is 0.